The van der Waals surface area contributed by atoms with Gasteiger partial charge in [0.2, 0.25) is 0 Å². The fourth-order valence-electron chi connectivity index (χ4n) is 3.69. The Morgan fingerprint density at radius 3 is 2.29 bits per heavy atom. The number of amides is 1. The van der Waals surface area contributed by atoms with Crippen LogP contribution < -0.4 is 4.90 Å². The van der Waals surface area contributed by atoms with E-state index in [4.69, 9.17) is 4.74 Å². The minimum absolute atomic E-state index is 0.0887. The van der Waals surface area contributed by atoms with Crippen LogP contribution in [0.3, 0.4) is 0 Å². The number of hydrogen-bond donors (Lipinski definition) is 0. The van der Waals surface area contributed by atoms with Crippen molar-refractivity contribution in [2.24, 2.45) is 0 Å². The molecule has 1 aromatic heterocycles. The maximum atomic E-state index is 12.9. The maximum Gasteiger partial charge on any atom is 0.337 e. The maximum absolute atomic E-state index is 12.9. The van der Waals surface area contributed by atoms with E-state index in [-0.39, 0.29) is 5.91 Å². The van der Waals surface area contributed by atoms with Crippen LogP contribution in [-0.2, 0) is 4.74 Å². The fourth-order valence-corrected chi connectivity index (χ4v) is 3.69. The van der Waals surface area contributed by atoms with Gasteiger partial charge in [-0.25, -0.2) is 14.8 Å². The van der Waals surface area contributed by atoms with Crippen LogP contribution in [0, 0.1) is 6.92 Å². The van der Waals surface area contributed by atoms with Crippen molar-refractivity contribution in [2.45, 2.75) is 6.92 Å². The lowest BCUT2D eigenvalue weighted by Gasteiger charge is -2.35. The molecule has 158 valence electrons. The van der Waals surface area contributed by atoms with Gasteiger partial charge in [-0.15, -0.1) is 0 Å². The van der Waals surface area contributed by atoms with Gasteiger partial charge in [0.15, 0.2) is 0 Å². The van der Waals surface area contributed by atoms with Crippen molar-refractivity contribution >= 4 is 17.7 Å². The van der Waals surface area contributed by atoms with E-state index in [1.54, 1.807) is 29.2 Å². The van der Waals surface area contributed by atoms with Gasteiger partial charge in [0, 0.05) is 43.4 Å². The van der Waals surface area contributed by atoms with E-state index in [9.17, 15) is 9.59 Å². The molecule has 31 heavy (non-hydrogen) atoms. The number of anilines is 1. The van der Waals surface area contributed by atoms with Gasteiger partial charge in [0.05, 0.1) is 18.4 Å². The molecule has 0 aliphatic carbocycles. The zero-order valence-electron chi connectivity index (χ0n) is 17.6. The molecule has 1 amide bonds. The minimum Gasteiger partial charge on any atom is -0.465 e. The zero-order valence-corrected chi connectivity index (χ0v) is 17.6. The molecule has 1 saturated heterocycles. The van der Waals surface area contributed by atoms with E-state index in [0.717, 1.165) is 22.9 Å². The van der Waals surface area contributed by atoms with Gasteiger partial charge in [0.25, 0.3) is 5.91 Å². The lowest BCUT2D eigenvalue weighted by Crippen LogP contribution is -2.49. The van der Waals surface area contributed by atoms with Gasteiger partial charge < -0.3 is 14.5 Å². The van der Waals surface area contributed by atoms with E-state index < -0.39 is 5.97 Å². The van der Waals surface area contributed by atoms with Crippen LogP contribution >= 0.6 is 0 Å². The predicted molar refractivity (Wildman–Crippen MR) is 118 cm³/mol. The van der Waals surface area contributed by atoms with Gasteiger partial charge >= 0.3 is 5.97 Å². The predicted octanol–water partition coefficient (Wildman–Crippen LogP) is 3.20. The molecule has 3 aromatic rings. The summed E-state index contributed by atoms with van der Waals surface area (Å²) in [5.74, 6) is 1.04. The van der Waals surface area contributed by atoms with E-state index in [2.05, 4.69) is 14.9 Å². The normalized spacial score (nSPS) is 13.7. The number of carbonyl (C=O) groups excluding carboxylic acids is 2. The largest absolute Gasteiger partial charge is 0.465 e. The van der Waals surface area contributed by atoms with Crippen LogP contribution in [0.15, 0.2) is 60.7 Å². The number of rotatable bonds is 4. The summed E-state index contributed by atoms with van der Waals surface area (Å²) in [6, 6.07) is 18.7. The second kappa shape index (κ2) is 8.95. The molecule has 4 rings (SSSR count). The highest BCUT2D eigenvalue weighted by atomic mass is 16.5. The first-order valence-corrected chi connectivity index (χ1v) is 10.2. The summed E-state index contributed by atoms with van der Waals surface area (Å²) in [5.41, 5.74) is 2.80. The van der Waals surface area contributed by atoms with E-state index in [0.29, 0.717) is 37.3 Å². The Kier molecular flexibility index (Phi) is 5.93. The number of hydrogen-bond acceptors (Lipinski definition) is 6. The van der Waals surface area contributed by atoms with Crippen molar-refractivity contribution in [3.05, 3.63) is 77.6 Å². The Bertz CT molecular complexity index is 1090. The molecule has 0 atom stereocenters. The molecule has 2 aromatic carbocycles. The highest BCUT2D eigenvalue weighted by molar-refractivity contribution is 5.98. The second-order valence-corrected chi connectivity index (χ2v) is 7.38. The molecule has 0 radical (unpaired) electrons. The number of esters is 1. The average molecular weight is 416 g/mol. The third kappa shape index (κ3) is 4.55. The van der Waals surface area contributed by atoms with Gasteiger partial charge in [-0.2, -0.15) is 0 Å². The standard InChI is InChI=1S/C24H24N4O3/c1-17-25-21(18-7-4-3-5-8-18)16-22(26-17)27-11-13-28(14-12-27)23(29)19-9-6-10-20(15-19)24(30)31-2/h3-10,15-16H,11-14H2,1-2H3. The molecule has 0 spiro atoms. The Hall–Kier alpha value is -3.74. The summed E-state index contributed by atoms with van der Waals surface area (Å²) in [5, 5.41) is 0. The summed E-state index contributed by atoms with van der Waals surface area (Å²) >= 11 is 0. The van der Waals surface area contributed by atoms with Crippen molar-refractivity contribution in [3.8, 4) is 11.3 Å². The van der Waals surface area contributed by atoms with Gasteiger partial charge in [-0.3, -0.25) is 4.79 Å². The van der Waals surface area contributed by atoms with Gasteiger partial charge in [-0.05, 0) is 25.1 Å². The van der Waals surface area contributed by atoms with Gasteiger partial charge in [-0.1, -0.05) is 36.4 Å². The molecule has 7 nitrogen and oxygen atoms in total. The van der Waals surface area contributed by atoms with Crippen LogP contribution in [0.2, 0.25) is 0 Å². The lowest BCUT2D eigenvalue weighted by molar-refractivity contribution is 0.0600. The van der Waals surface area contributed by atoms with Crippen molar-refractivity contribution in [2.75, 3.05) is 38.2 Å². The molecular formula is C24H24N4O3. The van der Waals surface area contributed by atoms with Crippen LogP contribution in [0.25, 0.3) is 11.3 Å². The molecule has 2 heterocycles. The van der Waals surface area contributed by atoms with Crippen molar-refractivity contribution in [3.63, 3.8) is 0 Å². The number of ether oxygens (including phenoxy) is 1. The average Bonchev–Trinajstić information content (AvgIpc) is 2.83. The molecule has 1 fully saturated rings. The molecule has 7 heteroatoms. The number of aryl methyl sites for hydroxylation is 1. The number of benzene rings is 2. The smallest absolute Gasteiger partial charge is 0.337 e. The summed E-state index contributed by atoms with van der Waals surface area (Å²) < 4.78 is 4.75. The number of methoxy groups -OCH3 is 1. The first-order chi connectivity index (χ1) is 15.0. The first-order valence-electron chi connectivity index (χ1n) is 10.2. The molecule has 0 N–H and O–H groups in total. The third-order valence-corrected chi connectivity index (χ3v) is 5.32. The van der Waals surface area contributed by atoms with E-state index >= 15 is 0 Å². The van der Waals surface area contributed by atoms with Gasteiger partial charge in [0.1, 0.15) is 11.6 Å². The minimum atomic E-state index is -0.451. The van der Waals surface area contributed by atoms with Crippen LogP contribution in [0.4, 0.5) is 5.82 Å². The number of carbonyl (C=O) groups is 2. The van der Waals surface area contributed by atoms with Crippen molar-refractivity contribution in [1.29, 1.82) is 0 Å². The fraction of sp³-hybridized carbons (Fsp3) is 0.250. The summed E-state index contributed by atoms with van der Waals surface area (Å²) in [6.07, 6.45) is 0. The number of aromatic nitrogens is 2. The summed E-state index contributed by atoms with van der Waals surface area (Å²) in [6.45, 7) is 4.39. The molecular weight excluding hydrogens is 392 g/mol. The Morgan fingerprint density at radius 1 is 0.871 bits per heavy atom. The lowest BCUT2D eigenvalue weighted by atomic mass is 10.1. The van der Waals surface area contributed by atoms with Crippen molar-refractivity contribution < 1.29 is 14.3 Å². The SMILES string of the molecule is COC(=O)c1cccc(C(=O)N2CCN(c3cc(-c4ccccc4)nc(C)n3)CC2)c1. The van der Waals surface area contributed by atoms with Crippen LogP contribution in [0.5, 0.6) is 0 Å². The number of piperazine rings is 1. The molecule has 0 saturated carbocycles. The second-order valence-electron chi connectivity index (χ2n) is 7.38. The monoisotopic (exact) mass is 416 g/mol. The summed E-state index contributed by atoms with van der Waals surface area (Å²) in [4.78, 5) is 37.8. The Labute approximate surface area is 181 Å². The van der Waals surface area contributed by atoms with E-state index in [1.165, 1.54) is 7.11 Å². The molecule has 0 unspecified atom stereocenters. The van der Waals surface area contributed by atoms with Crippen molar-refractivity contribution in [1.82, 2.24) is 14.9 Å². The highest BCUT2D eigenvalue weighted by Crippen LogP contribution is 2.23. The molecule has 1 aliphatic heterocycles. The van der Waals surface area contributed by atoms with Crippen LogP contribution in [-0.4, -0.2) is 60.0 Å². The number of nitrogens with zero attached hydrogens (tertiary/aromatic N) is 4. The topological polar surface area (TPSA) is 75.6 Å². The molecule has 1 aliphatic rings. The molecule has 0 bridgehead atoms. The third-order valence-electron chi connectivity index (χ3n) is 5.32. The summed E-state index contributed by atoms with van der Waals surface area (Å²) in [7, 11) is 1.33. The Balaban J connectivity index is 1.46. The first kappa shape index (κ1) is 20.5. The van der Waals surface area contributed by atoms with Crippen LogP contribution in [0.1, 0.15) is 26.5 Å². The zero-order chi connectivity index (χ0) is 21.8. The quantitative estimate of drug-likeness (QED) is 0.608. The Morgan fingerprint density at radius 2 is 1.58 bits per heavy atom. The highest BCUT2D eigenvalue weighted by Gasteiger charge is 2.24. The van der Waals surface area contributed by atoms with E-state index in [1.807, 2.05) is 43.3 Å².